The molecule has 0 radical (unpaired) electrons. The van der Waals surface area contributed by atoms with Gasteiger partial charge in [0.2, 0.25) is 0 Å². The van der Waals surface area contributed by atoms with Gasteiger partial charge in [0.15, 0.2) is 0 Å². The van der Waals surface area contributed by atoms with Crippen LogP contribution in [0.2, 0.25) is 0 Å². The molecule has 0 aromatic heterocycles. The minimum atomic E-state index is -4.45. The highest BCUT2D eigenvalue weighted by atomic mass is 19.4. The van der Waals surface area contributed by atoms with E-state index in [0.29, 0.717) is 13.1 Å². The molecule has 2 fully saturated rings. The first-order chi connectivity index (χ1) is 9.33. The van der Waals surface area contributed by atoms with Crippen LogP contribution in [0.25, 0.3) is 0 Å². The monoisotopic (exact) mass is 284 g/mol. The van der Waals surface area contributed by atoms with Gasteiger partial charge in [-0.3, -0.25) is 4.90 Å². The first-order valence-corrected chi connectivity index (χ1v) is 6.58. The molecule has 2 heterocycles. The normalized spacial score (nSPS) is 26.3. The van der Waals surface area contributed by atoms with Gasteiger partial charge in [-0.1, -0.05) is 12.1 Å². The van der Waals surface area contributed by atoms with E-state index < -0.39 is 11.7 Å². The second kappa shape index (κ2) is 4.14. The van der Waals surface area contributed by atoms with Crippen LogP contribution in [0.5, 0.6) is 0 Å². The highest BCUT2D eigenvalue weighted by Gasteiger charge is 2.50. The first-order valence-electron chi connectivity index (χ1n) is 6.58. The highest BCUT2D eigenvalue weighted by molar-refractivity contribution is 5.96. The minimum absolute atomic E-state index is 0.0411. The number of para-hydroxylation sites is 1. The number of halogens is 3. The van der Waals surface area contributed by atoms with Crippen molar-refractivity contribution < 1.29 is 18.0 Å². The Morgan fingerprint density at radius 2 is 1.95 bits per heavy atom. The average molecular weight is 284 g/mol. The molecule has 1 unspecified atom stereocenters. The van der Waals surface area contributed by atoms with Crippen molar-refractivity contribution in [2.45, 2.75) is 31.5 Å². The molecule has 1 aromatic carbocycles. The van der Waals surface area contributed by atoms with E-state index in [-0.39, 0.29) is 17.3 Å². The number of hydrogen-bond acceptors (Lipinski definition) is 1. The lowest BCUT2D eigenvalue weighted by atomic mass is 10.00. The smallest absolute Gasteiger partial charge is 0.317 e. The Morgan fingerprint density at radius 1 is 1.25 bits per heavy atom. The van der Waals surface area contributed by atoms with Crippen molar-refractivity contribution in [3.05, 3.63) is 29.8 Å². The molecule has 0 spiro atoms. The van der Waals surface area contributed by atoms with E-state index in [2.05, 4.69) is 0 Å². The van der Waals surface area contributed by atoms with Gasteiger partial charge in [-0.2, -0.15) is 13.2 Å². The van der Waals surface area contributed by atoms with Gasteiger partial charge >= 0.3 is 12.2 Å². The summed E-state index contributed by atoms with van der Waals surface area (Å²) in [5.74, 6) is 0. The summed E-state index contributed by atoms with van der Waals surface area (Å²) in [4.78, 5) is 15.3. The summed E-state index contributed by atoms with van der Waals surface area (Å²) < 4.78 is 39.2. The van der Waals surface area contributed by atoms with Crippen LogP contribution in [0, 0.1) is 0 Å². The van der Waals surface area contributed by atoms with Crippen LogP contribution in [0.4, 0.5) is 23.7 Å². The largest absolute Gasteiger partial charge is 0.418 e. The Bertz CT molecular complexity index is 558. The van der Waals surface area contributed by atoms with E-state index in [9.17, 15) is 18.0 Å². The second-order valence-corrected chi connectivity index (χ2v) is 5.64. The number of carbonyl (C=O) groups excluding carboxylic acids is 1. The highest BCUT2D eigenvalue weighted by Crippen LogP contribution is 2.42. The van der Waals surface area contributed by atoms with E-state index in [1.165, 1.54) is 23.1 Å². The van der Waals surface area contributed by atoms with E-state index in [0.717, 1.165) is 18.9 Å². The van der Waals surface area contributed by atoms with Gasteiger partial charge in [0.05, 0.1) is 23.3 Å². The summed E-state index contributed by atoms with van der Waals surface area (Å²) >= 11 is 0. The first kappa shape index (κ1) is 13.3. The van der Waals surface area contributed by atoms with Crippen LogP contribution in [0.3, 0.4) is 0 Å². The molecule has 1 atom stereocenters. The maximum Gasteiger partial charge on any atom is 0.418 e. The van der Waals surface area contributed by atoms with Crippen LogP contribution in [-0.4, -0.2) is 29.6 Å². The van der Waals surface area contributed by atoms with Crippen LogP contribution in [0.1, 0.15) is 25.3 Å². The second-order valence-electron chi connectivity index (χ2n) is 5.64. The average Bonchev–Trinajstić information content (AvgIpc) is 2.86. The maximum atomic E-state index is 13.1. The Balaban J connectivity index is 2.02. The van der Waals surface area contributed by atoms with Crippen LogP contribution >= 0.6 is 0 Å². The van der Waals surface area contributed by atoms with Crippen molar-refractivity contribution in [3.8, 4) is 0 Å². The molecule has 0 bridgehead atoms. The molecule has 2 amide bonds. The fourth-order valence-corrected chi connectivity index (χ4v) is 3.20. The third kappa shape index (κ3) is 1.85. The standard InChI is InChI=1S/C14H15F3N2O/c1-13-7-4-8-19(13)12(20)18(9-13)11-6-3-2-5-10(11)14(15,16)17/h2-3,5-6H,4,7-9H2,1H3. The molecule has 20 heavy (non-hydrogen) atoms. The van der Waals surface area contributed by atoms with Gasteiger partial charge < -0.3 is 4.90 Å². The number of hydrogen-bond donors (Lipinski definition) is 0. The quantitative estimate of drug-likeness (QED) is 0.774. The zero-order valence-corrected chi connectivity index (χ0v) is 11.1. The van der Waals surface area contributed by atoms with Crippen molar-refractivity contribution >= 4 is 11.7 Å². The third-order valence-corrected chi connectivity index (χ3v) is 4.21. The topological polar surface area (TPSA) is 23.6 Å². The molecule has 6 heteroatoms. The lowest BCUT2D eigenvalue weighted by molar-refractivity contribution is -0.137. The Hall–Kier alpha value is -1.72. The van der Waals surface area contributed by atoms with Crippen molar-refractivity contribution in [1.29, 1.82) is 0 Å². The number of urea groups is 1. The molecule has 2 aliphatic heterocycles. The summed E-state index contributed by atoms with van der Waals surface area (Å²) in [5.41, 5.74) is -1.13. The summed E-state index contributed by atoms with van der Waals surface area (Å²) in [5, 5.41) is 0. The Labute approximate surface area is 115 Å². The van der Waals surface area contributed by atoms with Gasteiger partial charge in [-0.15, -0.1) is 0 Å². The molecule has 108 valence electrons. The Morgan fingerprint density at radius 3 is 2.60 bits per heavy atom. The summed E-state index contributed by atoms with van der Waals surface area (Å²) in [6.07, 6.45) is -2.70. The van der Waals surface area contributed by atoms with Crippen LogP contribution in [-0.2, 0) is 6.18 Å². The predicted molar refractivity (Wildman–Crippen MR) is 68.5 cm³/mol. The fraction of sp³-hybridized carbons (Fsp3) is 0.500. The number of nitrogens with zero attached hydrogens (tertiary/aromatic N) is 2. The van der Waals surface area contributed by atoms with Crippen LogP contribution in [0.15, 0.2) is 24.3 Å². The van der Waals surface area contributed by atoms with Gasteiger partial charge in [0, 0.05) is 6.54 Å². The Kier molecular flexibility index (Phi) is 2.74. The molecule has 1 aromatic rings. The predicted octanol–water partition coefficient (Wildman–Crippen LogP) is 3.50. The molecular formula is C14H15F3N2O. The lowest BCUT2D eigenvalue weighted by Gasteiger charge is -2.24. The zero-order valence-electron chi connectivity index (χ0n) is 11.1. The molecular weight excluding hydrogens is 269 g/mol. The minimum Gasteiger partial charge on any atom is -0.317 e. The molecule has 3 nitrogen and oxygen atoms in total. The zero-order chi connectivity index (χ0) is 14.5. The number of benzene rings is 1. The number of anilines is 1. The van der Waals surface area contributed by atoms with E-state index in [1.54, 1.807) is 4.90 Å². The van der Waals surface area contributed by atoms with Gasteiger partial charge in [-0.05, 0) is 31.9 Å². The summed E-state index contributed by atoms with van der Waals surface area (Å²) in [6.45, 7) is 2.88. The number of fused-ring (bicyclic) bond motifs is 1. The SMILES string of the molecule is CC12CCCN1C(=O)N(c1ccccc1C(F)(F)F)C2. The van der Waals surface area contributed by atoms with Gasteiger partial charge in [0.1, 0.15) is 0 Å². The van der Waals surface area contributed by atoms with Crippen LogP contribution < -0.4 is 4.90 Å². The summed E-state index contributed by atoms with van der Waals surface area (Å²) in [6, 6.07) is 4.95. The molecule has 0 aliphatic carbocycles. The lowest BCUT2D eigenvalue weighted by Crippen LogP contribution is -2.38. The molecule has 2 saturated heterocycles. The van der Waals surface area contributed by atoms with Gasteiger partial charge in [-0.25, -0.2) is 4.79 Å². The van der Waals surface area contributed by atoms with Crippen molar-refractivity contribution in [3.63, 3.8) is 0 Å². The van der Waals surface area contributed by atoms with E-state index in [4.69, 9.17) is 0 Å². The third-order valence-electron chi connectivity index (χ3n) is 4.21. The summed E-state index contributed by atoms with van der Waals surface area (Å²) in [7, 11) is 0. The number of amides is 2. The number of alkyl halides is 3. The maximum absolute atomic E-state index is 13.1. The molecule has 2 aliphatic rings. The fourth-order valence-electron chi connectivity index (χ4n) is 3.20. The number of carbonyl (C=O) groups is 1. The molecule has 0 saturated carbocycles. The number of rotatable bonds is 1. The molecule has 3 rings (SSSR count). The van der Waals surface area contributed by atoms with Crippen molar-refractivity contribution in [1.82, 2.24) is 4.90 Å². The van der Waals surface area contributed by atoms with E-state index in [1.807, 2.05) is 6.92 Å². The van der Waals surface area contributed by atoms with Crippen molar-refractivity contribution in [2.75, 3.05) is 18.0 Å². The van der Waals surface area contributed by atoms with Gasteiger partial charge in [0.25, 0.3) is 0 Å². The van der Waals surface area contributed by atoms with E-state index >= 15 is 0 Å². The van der Waals surface area contributed by atoms with Crippen molar-refractivity contribution in [2.24, 2.45) is 0 Å². The molecule has 0 N–H and O–H groups in total.